The Morgan fingerprint density at radius 3 is 2.74 bits per heavy atom. The quantitative estimate of drug-likeness (QED) is 0.664. The van der Waals surface area contributed by atoms with Crippen LogP contribution in [0.1, 0.15) is 23.6 Å². The van der Waals surface area contributed by atoms with Gasteiger partial charge in [0.25, 0.3) is 5.22 Å². The molecule has 1 aromatic heterocycles. The van der Waals surface area contributed by atoms with Crippen molar-refractivity contribution >= 4 is 23.4 Å². The predicted octanol–water partition coefficient (Wildman–Crippen LogP) is 4.34. The fourth-order valence-corrected chi connectivity index (χ4v) is 3.05. The molecule has 1 amide bonds. The van der Waals surface area contributed by atoms with Crippen molar-refractivity contribution in [2.24, 2.45) is 0 Å². The minimum atomic E-state index is -0.441. The summed E-state index contributed by atoms with van der Waals surface area (Å²) in [6, 6.07) is 14.7. The Kier molecular flexibility index (Phi) is 5.57. The molecule has 0 bridgehead atoms. The minimum Gasteiger partial charge on any atom is -0.411 e. The zero-order valence-electron chi connectivity index (χ0n) is 15.2. The van der Waals surface area contributed by atoms with Crippen molar-refractivity contribution in [3.05, 3.63) is 59.2 Å². The minimum absolute atomic E-state index is 0.207. The van der Waals surface area contributed by atoms with Crippen molar-refractivity contribution in [3.8, 4) is 17.5 Å². The Morgan fingerprint density at radius 1 is 1.19 bits per heavy atom. The predicted molar refractivity (Wildman–Crippen MR) is 104 cm³/mol. The zero-order chi connectivity index (χ0) is 19.4. The number of aromatic nitrogens is 2. The first-order valence-electron chi connectivity index (χ1n) is 8.35. The molecule has 0 unspecified atom stereocenters. The third-order valence-electron chi connectivity index (χ3n) is 4.07. The van der Waals surface area contributed by atoms with Gasteiger partial charge in [-0.05, 0) is 62.2 Å². The van der Waals surface area contributed by atoms with Gasteiger partial charge in [0.2, 0.25) is 11.8 Å². The molecule has 0 spiro atoms. The van der Waals surface area contributed by atoms with Crippen LogP contribution in [0.4, 0.5) is 5.69 Å². The molecule has 7 heteroatoms. The smallest absolute Gasteiger partial charge is 0.277 e. The monoisotopic (exact) mass is 378 g/mol. The maximum atomic E-state index is 12.4. The first-order chi connectivity index (χ1) is 13.0. The van der Waals surface area contributed by atoms with Crippen LogP contribution in [-0.2, 0) is 4.79 Å². The lowest BCUT2D eigenvalue weighted by Crippen LogP contribution is -2.22. The maximum Gasteiger partial charge on any atom is 0.277 e. The van der Waals surface area contributed by atoms with Gasteiger partial charge in [0.1, 0.15) is 0 Å². The number of anilines is 1. The normalized spacial score (nSPS) is 11.6. The second-order valence-corrected chi connectivity index (χ2v) is 7.41. The number of amides is 1. The molecule has 6 nitrogen and oxygen atoms in total. The van der Waals surface area contributed by atoms with Gasteiger partial charge in [-0.3, -0.25) is 4.79 Å². The summed E-state index contributed by atoms with van der Waals surface area (Å²) in [5, 5.41) is 19.7. The summed E-state index contributed by atoms with van der Waals surface area (Å²) >= 11 is 1.19. The van der Waals surface area contributed by atoms with E-state index in [0.29, 0.717) is 22.4 Å². The van der Waals surface area contributed by atoms with Gasteiger partial charge in [0.05, 0.1) is 16.9 Å². The van der Waals surface area contributed by atoms with E-state index in [1.165, 1.54) is 17.3 Å². The largest absolute Gasteiger partial charge is 0.411 e. The molecule has 0 aliphatic rings. The number of aryl methyl sites for hydroxylation is 2. The lowest BCUT2D eigenvalue weighted by Gasteiger charge is -2.10. The summed E-state index contributed by atoms with van der Waals surface area (Å²) < 4.78 is 5.69. The van der Waals surface area contributed by atoms with E-state index in [4.69, 9.17) is 9.68 Å². The molecule has 136 valence electrons. The number of nitrogens with zero attached hydrogens (tertiary/aromatic N) is 3. The van der Waals surface area contributed by atoms with Gasteiger partial charge >= 0.3 is 0 Å². The summed E-state index contributed by atoms with van der Waals surface area (Å²) in [5.41, 5.74) is 4.25. The Balaban J connectivity index is 1.66. The second-order valence-electron chi connectivity index (χ2n) is 6.11. The molecule has 0 saturated heterocycles. The molecule has 2 aromatic carbocycles. The summed E-state index contributed by atoms with van der Waals surface area (Å²) in [4.78, 5) is 12.4. The Morgan fingerprint density at radius 2 is 2.00 bits per heavy atom. The number of nitrogens with one attached hydrogen (secondary N) is 1. The molecule has 0 aliphatic carbocycles. The van der Waals surface area contributed by atoms with Gasteiger partial charge in [-0.2, -0.15) is 5.26 Å². The van der Waals surface area contributed by atoms with E-state index in [9.17, 15) is 4.79 Å². The fraction of sp³-hybridized carbons (Fsp3) is 0.200. The fourth-order valence-electron chi connectivity index (χ4n) is 2.36. The number of nitriles is 1. The topological polar surface area (TPSA) is 91.8 Å². The van der Waals surface area contributed by atoms with Crippen LogP contribution < -0.4 is 5.32 Å². The van der Waals surface area contributed by atoms with Crippen molar-refractivity contribution in [2.75, 3.05) is 5.32 Å². The molecule has 0 aliphatic heterocycles. The van der Waals surface area contributed by atoms with Crippen LogP contribution in [0.3, 0.4) is 0 Å². The number of carbonyl (C=O) groups excluding carboxylic acids is 1. The molecule has 0 radical (unpaired) electrons. The van der Waals surface area contributed by atoms with Crippen molar-refractivity contribution in [1.82, 2.24) is 10.2 Å². The highest BCUT2D eigenvalue weighted by Crippen LogP contribution is 2.27. The number of carbonyl (C=O) groups is 1. The summed E-state index contributed by atoms with van der Waals surface area (Å²) in [7, 11) is 0. The lowest BCUT2D eigenvalue weighted by molar-refractivity contribution is -0.115. The third kappa shape index (κ3) is 4.54. The Labute approximate surface area is 161 Å². The summed E-state index contributed by atoms with van der Waals surface area (Å²) in [5.74, 6) is 0.218. The van der Waals surface area contributed by atoms with E-state index in [-0.39, 0.29) is 5.91 Å². The van der Waals surface area contributed by atoms with E-state index in [2.05, 4.69) is 15.5 Å². The standard InChI is InChI=1S/C20H18N4O2S/c1-12-7-8-16(9-13(12)2)19-23-24-20(26-19)27-14(3)18(25)22-17-6-4-5-15(10-17)11-21/h4-10,14H,1-3H3,(H,22,25)/t14-/m0/s1. The number of thioether (sulfide) groups is 1. The molecular weight excluding hydrogens is 360 g/mol. The molecular formula is C20H18N4O2S. The maximum absolute atomic E-state index is 12.4. The van der Waals surface area contributed by atoms with Crippen molar-refractivity contribution in [2.45, 2.75) is 31.2 Å². The van der Waals surface area contributed by atoms with Gasteiger partial charge in [-0.15, -0.1) is 10.2 Å². The molecule has 27 heavy (non-hydrogen) atoms. The van der Waals surface area contributed by atoms with Gasteiger partial charge in [-0.1, -0.05) is 23.9 Å². The average molecular weight is 378 g/mol. The molecule has 0 fully saturated rings. The van der Waals surface area contributed by atoms with E-state index in [1.807, 2.05) is 38.1 Å². The number of rotatable bonds is 5. The lowest BCUT2D eigenvalue weighted by atomic mass is 10.1. The second kappa shape index (κ2) is 8.06. The third-order valence-corrected chi connectivity index (χ3v) is 5.00. The van der Waals surface area contributed by atoms with E-state index in [0.717, 1.165) is 11.1 Å². The zero-order valence-corrected chi connectivity index (χ0v) is 16.0. The molecule has 0 saturated carbocycles. The van der Waals surface area contributed by atoms with Crippen molar-refractivity contribution < 1.29 is 9.21 Å². The first-order valence-corrected chi connectivity index (χ1v) is 9.23. The van der Waals surface area contributed by atoms with Crippen LogP contribution in [0.25, 0.3) is 11.5 Å². The van der Waals surface area contributed by atoms with Crippen LogP contribution in [0.15, 0.2) is 52.1 Å². The number of hydrogen-bond acceptors (Lipinski definition) is 6. The van der Waals surface area contributed by atoms with Crippen molar-refractivity contribution in [3.63, 3.8) is 0 Å². The van der Waals surface area contributed by atoms with Crippen LogP contribution in [0, 0.1) is 25.2 Å². The highest BCUT2D eigenvalue weighted by molar-refractivity contribution is 8.00. The van der Waals surface area contributed by atoms with Gasteiger partial charge in [0.15, 0.2) is 0 Å². The number of hydrogen-bond donors (Lipinski definition) is 1. The molecule has 1 atom stereocenters. The molecule has 3 rings (SSSR count). The van der Waals surface area contributed by atoms with E-state index in [1.54, 1.807) is 31.2 Å². The van der Waals surface area contributed by atoms with Crippen molar-refractivity contribution in [1.29, 1.82) is 5.26 Å². The molecule has 1 N–H and O–H groups in total. The Hall–Kier alpha value is -3.11. The highest BCUT2D eigenvalue weighted by Gasteiger charge is 2.19. The van der Waals surface area contributed by atoms with Gasteiger partial charge in [-0.25, -0.2) is 0 Å². The highest BCUT2D eigenvalue weighted by atomic mass is 32.2. The SMILES string of the molecule is Cc1ccc(-c2nnc(S[C@@H](C)C(=O)Nc3cccc(C#N)c3)o2)cc1C. The molecule has 1 heterocycles. The van der Waals surface area contributed by atoms with Crippen LogP contribution in [-0.4, -0.2) is 21.4 Å². The van der Waals surface area contributed by atoms with Crippen LogP contribution >= 0.6 is 11.8 Å². The van der Waals surface area contributed by atoms with E-state index < -0.39 is 5.25 Å². The summed E-state index contributed by atoms with van der Waals surface area (Å²) in [6.45, 7) is 5.83. The number of benzene rings is 2. The Bertz CT molecular complexity index is 1020. The summed E-state index contributed by atoms with van der Waals surface area (Å²) in [6.07, 6.45) is 0. The van der Waals surface area contributed by atoms with E-state index >= 15 is 0 Å². The van der Waals surface area contributed by atoms with Crippen LogP contribution in [0.2, 0.25) is 0 Å². The first kappa shape index (κ1) is 18.7. The average Bonchev–Trinajstić information content (AvgIpc) is 3.12. The van der Waals surface area contributed by atoms with Gasteiger partial charge < -0.3 is 9.73 Å². The van der Waals surface area contributed by atoms with Crippen LogP contribution in [0.5, 0.6) is 0 Å². The van der Waals surface area contributed by atoms with Gasteiger partial charge in [0, 0.05) is 11.3 Å². The molecule has 3 aromatic rings.